The largest absolute Gasteiger partial charge is 0.317 e. The first-order valence-corrected chi connectivity index (χ1v) is 6.49. The average Bonchev–Trinajstić information content (AvgIpc) is 2.65. The lowest BCUT2D eigenvalue weighted by Crippen LogP contribution is -2.42. The van der Waals surface area contributed by atoms with Gasteiger partial charge in [0.25, 0.3) is 0 Å². The van der Waals surface area contributed by atoms with Crippen molar-refractivity contribution >= 4 is 0 Å². The average molecular weight is 212 g/mol. The SMILES string of the molecule is CNC(C)CC(C)N1CCCC1C(C)C. The van der Waals surface area contributed by atoms with Crippen LogP contribution in [0.15, 0.2) is 0 Å². The molecule has 0 aromatic heterocycles. The van der Waals surface area contributed by atoms with Crippen LogP contribution in [0.4, 0.5) is 0 Å². The Kier molecular flexibility index (Phi) is 5.07. The monoisotopic (exact) mass is 212 g/mol. The molecule has 3 unspecified atom stereocenters. The van der Waals surface area contributed by atoms with Gasteiger partial charge < -0.3 is 5.32 Å². The van der Waals surface area contributed by atoms with Crippen LogP contribution >= 0.6 is 0 Å². The van der Waals surface area contributed by atoms with Crippen LogP contribution in [0.25, 0.3) is 0 Å². The minimum Gasteiger partial charge on any atom is -0.317 e. The van der Waals surface area contributed by atoms with Crippen molar-refractivity contribution in [3.8, 4) is 0 Å². The quantitative estimate of drug-likeness (QED) is 0.753. The first kappa shape index (κ1) is 13.0. The third-order valence-corrected chi connectivity index (χ3v) is 3.87. The van der Waals surface area contributed by atoms with E-state index in [1.807, 2.05) is 0 Å². The summed E-state index contributed by atoms with van der Waals surface area (Å²) < 4.78 is 0. The fraction of sp³-hybridized carbons (Fsp3) is 1.00. The molecule has 2 nitrogen and oxygen atoms in total. The minimum absolute atomic E-state index is 0.633. The van der Waals surface area contributed by atoms with Gasteiger partial charge in [-0.15, -0.1) is 0 Å². The Bertz CT molecular complexity index is 179. The lowest BCUT2D eigenvalue weighted by atomic mass is 9.99. The van der Waals surface area contributed by atoms with Crippen molar-refractivity contribution in [3.63, 3.8) is 0 Å². The van der Waals surface area contributed by atoms with E-state index < -0.39 is 0 Å². The Labute approximate surface area is 95.4 Å². The van der Waals surface area contributed by atoms with Crippen molar-refractivity contribution in [2.24, 2.45) is 5.92 Å². The van der Waals surface area contributed by atoms with Crippen LogP contribution in [0.5, 0.6) is 0 Å². The molecule has 0 aliphatic carbocycles. The van der Waals surface area contributed by atoms with E-state index in [0.29, 0.717) is 6.04 Å². The van der Waals surface area contributed by atoms with Crippen molar-refractivity contribution < 1.29 is 0 Å². The molecule has 0 bridgehead atoms. The van der Waals surface area contributed by atoms with E-state index >= 15 is 0 Å². The number of rotatable bonds is 5. The molecule has 3 atom stereocenters. The van der Waals surface area contributed by atoms with Crippen LogP contribution < -0.4 is 5.32 Å². The summed E-state index contributed by atoms with van der Waals surface area (Å²) in [6, 6.07) is 2.18. The first-order chi connectivity index (χ1) is 7.06. The summed E-state index contributed by atoms with van der Waals surface area (Å²) in [5.41, 5.74) is 0. The second kappa shape index (κ2) is 5.86. The molecular formula is C13H28N2. The molecule has 1 rings (SSSR count). The topological polar surface area (TPSA) is 15.3 Å². The maximum absolute atomic E-state index is 3.34. The van der Waals surface area contributed by atoms with Gasteiger partial charge in [0, 0.05) is 18.1 Å². The highest BCUT2D eigenvalue weighted by Gasteiger charge is 2.30. The normalized spacial score (nSPS) is 27.2. The lowest BCUT2D eigenvalue weighted by molar-refractivity contribution is 0.142. The Morgan fingerprint density at radius 2 is 1.93 bits per heavy atom. The number of hydrogen-bond donors (Lipinski definition) is 1. The molecule has 1 heterocycles. The van der Waals surface area contributed by atoms with Gasteiger partial charge in [0.2, 0.25) is 0 Å². The Balaban J connectivity index is 2.47. The van der Waals surface area contributed by atoms with Crippen LogP contribution in [-0.4, -0.2) is 36.6 Å². The van der Waals surface area contributed by atoms with E-state index in [2.05, 4.69) is 45.0 Å². The van der Waals surface area contributed by atoms with Crippen LogP contribution in [0.3, 0.4) is 0 Å². The molecule has 2 heteroatoms. The fourth-order valence-electron chi connectivity index (χ4n) is 2.84. The van der Waals surface area contributed by atoms with Crippen LogP contribution in [0.2, 0.25) is 0 Å². The van der Waals surface area contributed by atoms with Crippen LogP contribution in [0.1, 0.15) is 47.0 Å². The van der Waals surface area contributed by atoms with Gasteiger partial charge in [-0.25, -0.2) is 0 Å². The predicted octanol–water partition coefficient (Wildman–Crippen LogP) is 2.49. The van der Waals surface area contributed by atoms with Gasteiger partial charge >= 0.3 is 0 Å². The highest BCUT2D eigenvalue weighted by Crippen LogP contribution is 2.27. The molecule has 0 amide bonds. The molecule has 1 aliphatic heterocycles. The van der Waals surface area contributed by atoms with Crippen molar-refractivity contribution in [3.05, 3.63) is 0 Å². The van der Waals surface area contributed by atoms with Crippen LogP contribution in [-0.2, 0) is 0 Å². The van der Waals surface area contributed by atoms with Gasteiger partial charge in [-0.2, -0.15) is 0 Å². The Morgan fingerprint density at radius 1 is 1.27 bits per heavy atom. The van der Waals surface area contributed by atoms with Gasteiger partial charge in [0.1, 0.15) is 0 Å². The van der Waals surface area contributed by atoms with E-state index in [1.54, 1.807) is 0 Å². The second-order valence-corrected chi connectivity index (χ2v) is 5.47. The van der Waals surface area contributed by atoms with E-state index in [9.17, 15) is 0 Å². The third kappa shape index (κ3) is 3.46. The molecule has 0 aromatic rings. The highest BCUT2D eigenvalue weighted by molar-refractivity contribution is 4.86. The van der Waals surface area contributed by atoms with E-state index in [0.717, 1.165) is 18.0 Å². The molecule has 1 N–H and O–H groups in total. The molecule has 15 heavy (non-hydrogen) atoms. The fourth-order valence-corrected chi connectivity index (χ4v) is 2.84. The molecular weight excluding hydrogens is 184 g/mol. The van der Waals surface area contributed by atoms with Gasteiger partial charge in [-0.05, 0) is 52.6 Å². The standard InChI is InChI=1S/C13H28N2/c1-10(2)13-7-6-8-15(13)12(4)9-11(3)14-5/h10-14H,6-9H2,1-5H3. The molecule has 0 saturated carbocycles. The summed E-state index contributed by atoms with van der Waals surface area (Å²) in [5, 5.41) is 3.34. The molecule has 0 spiro atoms. The zero-order chi connectivity index (χ0) is 11.4. The van der Waals surface area contributed by atoms with Gasteiger partial charge in [0.05, 0.1) is 0 Å². The first-order valence-electron chi connectivity index (χ1n) is 6.49. The Morgan fingerprint density at radius 3 is 2.47 bits per heavy atom. The zero-order valence-corrected chi connectivity index (χ0v) is 11.1. The van der Waals surface area contributed by atoms with Gasteiger partial charge in [0.15, 0.2) is 0 Å². The maximum Gasteiger partial charge on any atom is 0.0121 e. The number of likely N-dealkylation sites (tertiary alicyclic amines) is 1. The summed E-state index contributed by atoms with van der Waals surface area (Å²) in [4.78, 5) is 2.72. The van der Waals surface area contributed by atoms with Gasteiger partial charge in [-0.1, -0.05) is 13.8 Å². The summed E-state index contributed by atoms with van der Waals surface area (Å²) in [6.45, 7) is 10.7. The van der Waals surface area contributed by atoms with Crippen LogP contribution in [0, 0.1) is 5.92 Å². The molecule has 90 valence electrons. The molecule has 1 aliphatic rings. The zero-order valence-electron chi connectivity index (χ0n) is 11.1. The smallest absolute Gasteiger partial charge is 0.0121 e. The molecule has 1 fully saturated rings. The van der Waals surface area contributed by atoms with E-state index in [-0.39, 0.29) is 0 Å². The van der Waals surface area contributed by atoms with Crippen molar-refractivity contribution in [1.29, 1.82) is 0 Å². The van der Waals surface area contributed by atoms with Gasteiger partial charge in [-0.3, -0.25) is 4.90 Å². The summed E-state index contributed by atoms with van der Waals surface area (Å²) >= 11 is 0. The number of nitrogens with zero attached hydrogens (tertiary/aromatic N) is 1. The highest BCUT2D eigenvalue weighted by atomic mass is 15.2. The maximum atomic E-state index is 3.34. The van der Waals surface area contributed by atoms with Crippen molar-refractivity contribution in [2.45, 2.75) is 65.1 Å². The summed E-state index contributed by atoms with van der Waals surface area (Å²) in [5.74, 6) is 0.805. The predicted molar refractivity (Wildman–Crippen MR) is 67.2 cm³/mol. The van der Waals surface area contributed by atoms with Crippen molar-refractivity contribution in [1.82, 2.24) is 10.2 Å². The molecule has 0 aromatic carbocycles. The molecule has 0 radical (unpaired) electrons. The number of hydrogen-bond acceptors (Lipinski definition) is 2. The van der Waals surface area contributed by atoms with Crippen molar-refractivity contribution in [2.75, 3.05) is 13.6 Å². The Hall–Kier alpha value is -0.0800. The minimum atomic E-state index is 0.633. The summed E-state index contributed by atoms with van der Waals surface area (Å²) in [7, 11) is 2.06. The summed E-state index contributed by atoms with van der Waals surface area (Å²) in [6.07, 6.45) is 4.05. The third-order valence-electron chi connectivity index (χ3n) is 3.87. The second-order valence-electron chi connectivity index (χ2n) is 5.47. The van der Waals surface area contributed by atoms with E-state index in [1.165, 1.54) is 25.8 Å². The lowest BCUT2D eigenvalue weighted by Gasteiger charge is -2.34. The number of nitrogens with one attached hydrogen (secondary N) is 1. The molecule has 1 saturated heterocycles. The van der Waals surface area contributed by atoms with E-state index in [4.69, 9.17) is 0 Å².